The molecule has 0 aliphatic carbocycles. The average molecular weight is 439 g/mol. The molecule has 7 nitrogen and oxygen atoms in total. The second-order valence-electron chi connectivity index (χ2n) is 6.58. The van der Waals surface area contributed by atoms with Gasteiger partial charge in [-0.3, -0.25) is 9.10 Å². The van der Waals surface area contributed by atoms with Gasteiger partial charge in [-0.15, -0.1) is 0 Å². The lowest BCUT2D eigenvalue weighted by molar-refractivity contribution is -0.122. The number of rotatable bonds is 10. The molecule has 1 unspecified atom stereocenters. The molecule has 0 fully saturated rings. The van der Waals surface area contributed by atoms with Crippen LogP contribution in [0.3, 0.4) is 0 Å². The predicted octanol–water partition coefficient (Wildman–Crippen LogP) is 3.09. The smallest absolute Gasteiger partial charge is 0.243 e. The van der Waals surface area contributed by atoms with Crippen molar-refractivity contribution in [3.63, 3.8) is 0 Å². The van der Waals surface area contributed by atoms with Crippen LogP contribution in [0, 0.1) is 5.82 Å². The Morgan fingerprint density at radius 2 is 1.77 bits per heavy atom. The summed E-state index contributed by atoms with van der Waals surface area (Å²) in [6.45, 7) is 6.30. The molecule has 0 aliphatic rings. The number of sulfonamides is 1. The van der Waals surface area contributed by atoms with Crippen molar-refractivity contribution in [2.75, 3.05) is 23.8 Å². The molecule has 30 heavy (non-hydrogen) atoms. The average Bonchev–Trinajstić information content (AvgIpc) is 2.67. The van der Waals surface area contributed by atoms with Gasteiger partial charge in [-0.1, -0.05) is 12.1 Å². The number of nitrogens with one attached hydrogen (secondary N) is 1. The molecule has 0 spiro atoms. The van der Waals surface area contributed by atoms with E-state index in [4.69, 9.17) is 9.47 Å². The number of halogens is 1. The highest BCUT2D eigenvalue weighted by Crippen LogP contribution is 2.28. The topological polar surface area (TPSA) is 84.9 Å². The Balaban J connectivity index is 2.17. The molecule has 2 rings (SSSR count). The maximum absolute atomic E-state index is 13.6. The summed E-state index contributed by atoms with van der Waals surface area (Å²) < 4.78 is 50.1. The zero-order chi connectivity index (χ0) is 22.3. The van der Waals surface area contributed by atoms with Gasteiger partial charge in [0, 0.05) is 6.54 Å². The van der Waals surface area contributed by atoms with Gasteiger partial charge in [0.25, 0.3) is 0 Å². The van der Waals surface area contributed by atoms with E-state index >= 15 is 0 Å². The first-order chi connectivity index (χ1) is 14.2. The van der Waals surface area contributed by atoms with Gasteiger partial charge < -0.3 is 14.8 Å². The summed E-state index contributed by atoms with van der Waals surface area (Å²) in [6.07, 6.45) is 0.975. The van der Waals surface area contributed by atoms with Gasteiger partial charge in [-0.25, -0.2) is 12.8 Å². The molecule has 0 bridgehead atoms. The molecule has 9 heteroatoms. The van der Waals surface area contributed by atoms with Crippen LogP contribution in [0.1, 0.15) is 26.3 Å². The fourth-order valence-corrected chi connectivity index (χ4v) is 4.13. The van der Waals surface area contributed by atoms with Gasteiger partial charge in [0.1, 0.15) is 11.9 Å². The van der Waals surface area contributed by atoms with Gasteiger partial charge in [-0.05, 0) is 56.7 Å². The first-order valence-electron chi connectivity index (χ1n) is 9.58. The Bertz CT molecular complexity index is 981. The monoisotopic (exact) mass is 438 g/mol. The number of carbonyl (C=O) groups excluding carboxylic acids is 1. The number of nitrogens with zero attached hydrogens (tertiary/aromatic N) is 1. The van der Waals surface area contributed by atoms with Crippen LogP contribution in [-0.2, 0) is 21.4 Å². The summed E-state index contributed by atoms with van der Waals surface area (Å²) in [7, 11) is -3.82. The molecule has 0 saturated carbocycles. The van der Waals surface area contributed by atoms with Gasteiger partial charge in [-0.2, -0.15) is 0 Å². The van der Waals surface area contributed by atoms with Crippen LogP contribution in [0.25, 0.3) is 0 Å². The van der Waals surface area contributed by atoms with Crippen LogP contribution in [0.5, 0.6) is 11.5 Å². The summed E-state index contributed by atoms with van der Waals surface area (Å²) in [5.41, 5.74) is 0.846. The Morgan fingerprint density at radius 3 is 2.37 bits per heavy atom. The summed E-state index contributed by atoms with van der Waals surface area (Å²) in [6, 6.07) is 9.35. The van der Waals surface area contributed by atoms with Crippen LogP contribution in [-0.4, -0.2) is 39.8 Å². The lowest BCUT2D eigenvalue weighted by Crippen LogP contribution is -2.47. The minimum atomic E-state index is -3.82. The molecule has 0 heterocycles. The summed E-state index contributed by atoms with van der Waals surface area (Å²) in [5.74, 6) is 0.0666. The van der Waals surface area contributed by atoms with Crippen LogP contribution < -0.4 is 19.1 Å². The second kappa shape index (κ2) is 10.3. The van der Waals surface area contributed by atoms with Crippen molar-refractivity contribution in [2.45, 2.75) is 33.4 Å². The van der Waals surface area contributed by atoms with Crippen molar-refractivity contribution in [2.24, 2.45) is 0 Å². The Hall–Kier alpha value is -2.81. The van der Waals surface area contributed by atoms with Crippen molar-refractivity contribution in [3.8, 4) is 11.5 Å². The van der Waals surface area contributed by atoms with E-state index in [9.17, 15) is 17.6 Å². The fraction of sp³-hybridized carbons (Fsp3) is 0.381. The zero-order valence-electron chi connectivity index (χ0n) is 17.5. The standard InChI is InChI=1S/C21H27FN2O5S/c1-5-28-19-11-10-16(12-20(19)29-6-2)14-23-21(25)15(3)24(30(4,26)27)18-9-7-8-17(22)13-18/h7-13,15H,5-6,14H2,1-4H3,(H,23,25). The van der Waals surface area contributed by atoms with Crippen molar-refractivity contribution in [1.29, 1.82) is 0 Å². The van der Waals surface area contributed by atoms with E-state index in [0.717, 1.165) is 22.2 Å². The van der Waals surface area contributed by atoms with E-state index in [1.54, 1.807) is 18.2 Å². The van der Waals surface area contributed by atoms with Crippen molar-refractivity contribution < 1.29 is 27.1 Å². The maximum Gasteiger partial charge on any atom is 0.243 e. The highest BCUT2D eigenvalue weighted by atomic mass is 32.2. The van der Waals surface area contributed by atoms with Gasteiger partial charge in [0.05, 0.1) is 25.2 Å². The summed E-state index contributed by atoms with van der Waals surface area (Å²) in [5, 5.41) is 2.72. The van der Waals surface area contributed by atoms with Crippen LogP contribution >= 0.6 is 0 Å². The van der Waals surface area contributed by atoms with E-state index < -0.39 is 27.8 Å². The number of benzene rings is 2. The second-order valence-corrected chi connectivity index (χ2v) is 8.44. The number of amides is 1. The molecule has 0 saturated heterocycles. The molecule has 0 radical (unpaired) electrons. The first-order valence-corrected chi connectivity index (χ1v) is 11.4. The lowest BCUT2D eigenvalue weighted by atomic mass is 10.2. The lowest BCUT2D eigenvalue weighted by Gasteiger charge is -2.28. The van der Waals surface area contributed by atoms with E-state index in [-0.39, 0.29) is 12.2 Å². The summed E-state index contributed by atoms with van der Waals surface area (Å²) >= 11 is 0. The highest BCUT2D eigenvalue weighted by molar-refractivity contribution is 7.92. The number of hydrogen-bond acceptors (Lipinski definition) is 5. The summed E-state index contributed by atoms with van der Waals surface area (Å²) in [4.78, 5) is 12.7. The van der Waals surface area contributed by atoms with E-state index in [1.165, 1.54) is 25.1 Å². The van der Waals surface area contributed by atoms with Gasteiger partial charge >= 0.3 is 0 Å². The molecule has 2 aromatic rings. The Kier molecular flexibility index (Phi) is 8.05. The highest BCUT2D eigenvalue weighted by Gasteiger charge is 2.29. The largest absolute Gasteiger partial charge is 0.490 e. The molecular weight excluding hydrogens is 411 g/mol. The van der Waals surface area contributed by atoms with Crippen LogP contribution in [0.15, 0.2) is 42.5 Å². The molecule has 164 valence electrons. The van der Waals surface area contributed by atoms with Crippen LogP contribution in [0.4, 0.5) is 10.1 Å². The first kappa shape index (κ1) is 23.5. The SMILES string of the molecule is CCOc1ccc(CNC(=O)C(C)N(c2cccc(F)c2)S(C)(=O)=O)cc1OCC. The van der Waals surface area contributed by atoms with E-state index in [2.05, 4.69) is 5.32 Å². The van der Waals surface area contributed by atoms with Crippen molar-refractivity contribution in [3.05, 3.63) is 53.8 Å². The minimum absolute atomic E-state index is 0.0832. The minimum Gasteiger partial charge on any atom is -0.490 e. The number of ether oxygens (including phenoxy) is 2. The Morgan fingerprint density at radius 1 is 1.10 bits per heavy atom. The number of carbonyl (C=O) groups is 1. The normalized spacial score (nSPS) is 12.2. The molecular formula is C21H27FN2O5S. The third-order valence-corrected chi connectivity index (χ3v) is 5.47. The molecule has 0 aromatic heterocycles. The van der Waals surface area contributed by atoms with Crippen LogP contribution in [0.2, 0.25) is 0 Å². The third-order valence-electron chi connectivity index (χ3n) is 4.23. The molecule has 1 atom stereocenters. The third kappa shape index (κ3) is 6.09. The molecule has 0 aliphatic heterocycles. The van der Waals surface area contributed by atoms with Crippen molar-refractivity contribution >= 4 is 21.6 Å². The van der Waals surface area contributed by atoms with Crippen molar-refractivity contribution in [1.82, 2.24) is 5.32 Å². The maximum atomic E-state index is 13.6. The molecule has 2 aromatic carbocycles. The van der Waals surface area contributed by atoms with Gasteiger partial charge in [0.2, 0.25) is 15.9 Å². The quantitative estimate of drug-likeness (QED) is 0.616. The zero-order valence-corrected chi connectivity index (χ0v) is 18.3. The van der Waals surface area contributed by atoms with Gasteiger partial charge in [0.15, 0.2) is 11.5 Å². The van der Waals surface area contributed by atoms with E-state index in [0.29, 0.717) is 24.7 Å². The predicted molar refractivity (Wildman–Crippen MR) is 114 cm³/mol. The molecule has 1 amide bonds. The molecule has 1 N–H and O–H groups in total. The number of hydrogen-bond donors (Lipinski definition) is 1. The fourth-order valence-electron chi connectivity index (χ4n) is 2.96. The van der Waals surface area contributed by atoms with E-state index in [1.807, 2.05) is 13.8 Å². The Labute approximate surface area is 176 Å². The number of anilines is 1.